The van der Waals surface area contributed by atoms with Gasteiger partial charge in [-0.1, -0.05) is 43.4 Å². The van der Waals surface area contributed by atoms with Gasteiger partial charge in [-0.05, 0) is 36.6 Å². The zero-order chi connectivity index (χ0) is 21.0. The molecule has 1 saturated carbocycles. The number of aliphatic carboxylic acids is 1. The summed E-state index contributed by atoms with van der Waals surface area (Å²) in [6, 6.07) is 6.85. The highest BCUT2D eigenvalue weighted by Crippen LogP contribution is 2.40. The van der Waals surface area contributed by atoms with E-state index in [1.165, 1.54) is 20.4 Å². The van der Waals surface area contributed by atoms with Crippen LogP contribution in [0.2, 0.25) is 5.02 Å². The summed E-state index contributed by atoms with van der Waals surface area (Å²) in [6.45, 7) is 0. The molecule has 1 aromatic heterocycles. The molecule has 0 bridgehead atoms. The van der Waals surface area contributed by atoms with E-state index < -0.39 is 17.2 Å². The molecule has 3 rings (SSSR count). The van der Waals surface area contributed by atoms with Gasteiger partial charge in [0.15, 0.2) is 5.78 Å². The van der Waals surface area contributed by atoms with Gasteiger partial charge in [-0.15, -0.1) is 0 Å². The van der Waals surface area contributed by atoms with E-state index in [9.17, 15) is 14.7 Å². The summed E-state index contributed by atoms with van der Waals surface area (Å²) in [5, 5.41) is 10.3. The lowest BCUT2D eigenvalue weighted by Gasteiger charge is -2.26. The van der Waals surface area contributed by atoms with Crippen molar-refractivity contribution in [1.82, 2.24) is 4.98 Å². The molecule has 0 radical (unpaired) electrons. The van der Waals surface area contributed by atoms with E-state index in [1.807, 2.05) is 0 Å². The topological polar surface area (TPSA) is 85.7 Å². The zero-order valence-corrected chi connectivity index (χ0v) is 17.3. The molecule has 1 aliphatic carbocycles. The summed E-state index contributed by atoms with van der Waals surface area (Å²) in [4.78, 5) is 29.8. The van der Waals surface area contributed by atoms with Crippen molar-refractivity contribution >= 4 is 23.4 Å². The number of pyridine rings is 1. The fourth-order valence-electron chi connectivity index (χ4n) is 3.93. The predicted octanol–water partition coefficient (Wildman–Crippen LogP) is 5.03. The third-order valence-corrected chi connectivity index (χ3v) is 5.87. The molecular formula is C22H24ClNO5. The first-order chi connectivity index (χ1) is 13.9. The minimum atomic E-state index is -1.40. The first-order valence-corrected chi connectivity index (χ1v) is 9.97. The quantitative estimate of drug-likeness (QED) is 0.403. The van der Waals surface area contributed by atoms with Crippen LogP contribution >= 0.6 is 11.6 Å². The minimum absolute atomic E-state index is 0.261. The Balaban J connectivity index is 2.07. The van der Waals surface area contributed by atoms with Crippen LogP contribution in [-0.4, -0.2) is 36.1 Å². The molecule has 2 aromatic rings. The Morgan fingerprint density at radius 2 is 1.76 bits per heavy atom. The summed E-state index contributed by atoms with van der Waals surface area (Å²) in [5.41, 5.74) is 0.121. The van der Waals surface area contributed by atoms with Crippen LogP contribution in [0.5, 0.6) is 11.6 Å². The molecule has 29 heavy (non-hydrogen) atoms. The molecule has 154 valence electrons. The zero-order valence-electron chi connectivity index (χ0n) is 16.5. The van der Waals surface area contributed by atoms with Crippen molar-refractivity contribution in [1.29, 1.82) is 0 Å². The number of ketones is 1. The van der Waals surface area contributed by atoms with E-state index in [4.69, 9.17) is 21.1 Å². The van der Waals surface area contributed by atoms with Crippen molar-refractivity contribution < 1.29 is 24.2 Å². The number of carboxylic acid groups (broad SMARTS) is 1. The lowest BCUT2D eigenvalue weighted by Crippen LogP contribution is -2.39. The van der Waals surface area contributed by atoms with Gasteiger partial charge >= 0.3 is 5.97 Å². The number of carboxylic acids is 1. The van der Waals surface area contributed by atoms with Gasteiger partial charge < -0.3 is 14.6 Å². The number of nitrogens with zero attached hydrogens (tertiary/aromatic N) is 1. The number of carbonyl (C=O) groups excluding carboxylic acids is 1. The Bertz CT molecular complexity index is 919. The summed E-state index contributed by atoms with van der Waals surface area (Å²) in [6.07, 6.45) is 5.42. The lowest BCUT2D eigenvalue weighted by molar-refractivity contribution is -0.146. The van der Waals surface area contributed by atoms with Crippen LogP contribution in [0.15, 0.2) is 30.5 Å². The largest absolute Gasteiger partial charge is 0.495 e. The molecule has 1 aliphatic rings. The molecule has 6 nitrogen and oxygen atoms in total. The Morgan fingerprint density at radius 1 is 1.07 bits per heavy atom. The molecule has 0 atom stereocenters. The molecule has 1 heterocycles. The van der Waals surface area contributed by atoms with Crippen molar-refractivity contribution in [3.8, 4) is 22.8 Å². The number of halogens is 1. The number of rotatable bonds is 6. The Kier molecular flexibility index (Phi) is 6.42. The number of hydrogen-bond donors (Lipinski definition) is 1. The van der Waals surface area contributed by atoms with Gasteiger partial charge in [0.05, 0.1) is 19.2 Å². The highest BCUT2D eigenvalue weighted by atomic mass is 35.5. The van der Waals surface area contributed by atoms with E-state index in [-0.39, 0.29) is 5.56 Å². The Morgan fingerprint density at radius 3 is 2.31 bits per heavy atom. The van der Waals surface area contributed by atoms with Gasteiger partial charge in [-0.25, -0.2) is 4.98 Å². The second-order valence-corrected chi connectivity index (χ2v) is 7.67. The average Bonchev–Trinajstić information content (AvgIpc) is 3.00. The highest BCUT2D eigenvalue weighted by molar-refractivity contribution is 6.32. The molecule has 1 N–H and O–H groups in total. The Labute approximate surface area is 174 Å². The Hall–Kier alpha value is -2.60. The van der Waals surface area contributed by atoms with E-state index >= 15 is 0 Å². The third-order valence-electron chi connectivity index (χ3n) is 5.57. The van der Waals surface area contributed by atoms with Crippen molar-refractivity contribution in [3.63, 3.8) is 0 Å². The van der Waals surface area contributed by atoms with Gasteiger partial charge in [-0.3, -0.25) is 9.59 Å². The van der Waals surface area contributed by atoms with Crippen molar-refractivity contribution in [2.24, 2.45) is 5.41 Å². The molecular weight excluding hydrogens is 394 g/mol. The van der Waals surface area contributed by atoms with E-state index in [2.05, 4.69) is 4.98 Å². The maximum atomic E-state index is 13.4. The number of methoxy groups -OCH3 is 2. The smallest absolute Gasteiger partial charge is 0.317 e. The number of ether oxygens (including phenoxy) is 2. The van der Waals surface area contributed by atoms with Gasteiger partial charge in [0.25, 0.3) is 0 Å². The number of Topliss-reactive ketones (excluding diaryl/α,β-unsaturated/α-hetero) is 1. The van der Waals surface area contributed by atoms with Gasteiger partial charge in [0.1, 0.15) is 11.2 Å². The first kappa shape index (κ1) is 21.1. The maximum absolute atomic E-state index is 13.4. The second-order valence-electron chi connectivity index (χ2n) is 7.26. The molecule has 0 aliphatic heterocycles. The summed E-state index contributed by atoms with van der Waals surface area (Å²) >= 11 is 6.25. The molecule has 0 spiro atoms. The van der Waals surface area contributed by atoms with E-state index in [0.29, 0.717) is 40.6 Å². The van der Waals surface area contributed by atoms with Crippen LogP contribution in [0.4, 0.5) is 0 Å². The maximum Gasteiger partial charge on any atom is 0.317 e. The highest BCUT2D eigenvalue weighted by Gasteiger charge is 2.46. The molecule has 0 amide bonds. The van der Waals surface area contributed by atoms with E-state index in [0.717, 1.165) is 25.7 Å². The lowest BCUT2D eigenvalue weighted by atomic mass is 9.74. The van der Waals surface area contributed by atoms with Crippen LogP contribution in [0.1, 0.15) is 48.9 Å². The standard InChI is InChI=1S/C22H24ClNO5/c1-28-18-8-7-14(12-17(18)23)16-11-15(13-24-20(16)29-2)19(25)22(21(26)27)9-5-3-4-6-10-22/h7-8,11-13H,3-6,9-10H2,1-2H3,(H,26,27). The number of carbonyl (C=O) groups is 2. The van der Waals surface area contributed by atoms with Gasteiger partial charge in [0, 0.05) is 17.3 Å². The first-order valence-electron chi connectivity index (χ1n) is 9.59. The fourth-order valence-corrected chi connectivity index (χ4v) is 4.18. The second kappa shape index (κ2) is 8.82. The monoisotopic (exact) mass is 417 g/mol. The summed E-state index contributed by atoms with van der Waals surface area (Å²) in [5.74, 6) is -0.608. The average molecular weight is 418 g/mol. The predicted molar refractivity (Wildman–Crippen MR) is 110 cm³/mol. The molecule has 0 saturated heterocycles. The number of aromatic nitrogens is 1. The van der Waals surface area contributed by atoms with Crippen LogP contribution in [-0.2, 0) is 4.79 Å². The van der Waals surface area contributed by atoms with Crippen LogP contribution in [0.3, 0.4) is 0 Å². The molecule has 1 aromatic carbocycles. The molecule has 1 fully saturated rings. The normalized spacial score (nSPS) is 16.0. The number of benzene rings is 1. The third kappa shape index (κ3) is 4.08. The van der Waals surface area contributed by atoms with Crippen molar-refractivity contribution in [2.45, 2.75) is 38.5 Å². The van der Waals surface area contributed by atoms with Gasteiger partial charge in [-0.2, -0.15) is 0 Å². The molecule has 7 heteroatoms. The SMILES string of the molecule is COc1ccc(-c2cc(C(=O)C3(C(=O)O)CCCCCC3)cnc2OC)cc1Cl. The fraction of sp³-hybridized carbons (Fsp3) is 0.409. The van der Waals surface area contributed by atoms with Gasteiger partial charge in [0.2, 0.25) is 5.88 Å². The molecule has 0 unspecified atom stereocenters. The minimum Gasteiger partial charge on any atom is -0.495 e. The van der Waals surface area contributed by atoms with Crippen LogP contribution in [0.25, 0.3) is 11.1 Å². The van der Waals surface area contributed by atoms with E-state index in [1.54, 1.807) is 24.3 Å². The van der Waals surface area contributed by atoms with Crippen molar-refractivity contribution in [2.75, 3.05) is 14.2 Å². The number of hydrogen-bond acceptors (Lipinski definition) is 5. The van der Waals surface area contributed by atoms with Crippen LogP contribution in [0, 0.1) is 5.41 Å². The van der Waals surface area contributed by atoms with Crippen molar-refractivity contribution in [3.05, 3.63) is 41.0 Å². The van der Waals surface area contributed by atoms with Crippen LogP contribution < -0.4 is 9.47 Å². The summed E-state index contributed by atoms with van der Waals surface area (Å²) < 4.78 is 10.5. The summed E-state index contributed by atoms with van der Waals surface area (Å²) in [7, 11) is 3.02.